The van der Waals surface area contributed by atoms with E-state index in [0.717, 1.165) is 49.0 Å². The van der Waals surface area contributed by atoms with Gasteiger partial charge in [0.15, 0.2) is 0 Å². The number of benzene rings is 1. The Hall–Kier alpha value is -2.99. The number of hydrogen-bond acceptors (Lipinski definition) is 4. The molecule has 1 amide bonds. The molecule has 1 saturated heterocycles. The first kappa shape index (κ1) is 20.3. The first-order valence-electron chi connectivity index (χ1n) is 10.7. The normalized spacial score (nSPS) is 15.4. The number of hydrogen-bond donors (Lipinski definition) is 1. The minimum absolute atomic E-state index is 0.0224. The zero-order valence-electron chi connectivity index (χ0n) is 17.4. The van der Waals surface area contributed by atoms with Gasteiger partial charge >= 0.3 is 0 Å². The number of fused-ring (bicyclic) bond motifs is 1. The summed E-state index contributed by atoms with van der Waals surface area (Å²) in [4.78, 5) is 32.0. The number of aromatic nitrogens is 2. The standard InChI is InChI=1S/C24H28N4O2/c1-2-7-22(29)26-20-11-14-27(15-12-20)17-19-16-18-8-6-13-25-23(18)28(24(19)30)21-9-4-3-5-10-21/h3-6,8-10,13,16,20H,2,7,11-12,14-15,17H2,1H3,(H,26,29). The molecule has 0 bridgehead atoms. The van der Waals surface area contributed by atoms with Crippen LogP contribution in [0.25, 0.3) is 16.7 Å². The lowest BCUT2D eigenvalue weighted by molar-refractivity contribution is -0.122. The summed E-state index contributed by atoms with van der Waals surface area (Å²) < 4.78 is 1.71. The van der Waals surface area contributed by atoms with Crippen molar-refractivity contribution in [1.29, 1.82) is 0 Å². The number of nitrogens with zero attached hydrogens (tertiary/aromatic N) is 3. The minimum Gasteiger partial charge on any atom is -0.353 e. The number of nitrogens with one attached hydrogen (secondary N) is 1. The third-order valence-electron chi connectivity index (χ3n) is 5.67. The number of pyridine rings is 2. The molecule has 30 heavy (non-hydrogen) atoms. The minimum atomic E-state index is -0.0224. The van der Waals surface area contributed by atoms with Gasteiger partial charge in [-0.25, -0.2) is 4.98 Å². The summed E-state index contributed by atoms with van der Waals surface area (Å²) in [6, 6.07) is 15.8. The van der Waals surface area contributed by atoms with Crippen molar-refractivity contribution in [3.8, 4) is 5.69 Å². The molecule has 0 unspecified atom stereocenters. The Morgan fingerprint density at radius 1 is 1.13 bits per heavy atom. The number of piperidine rings is 1. The van der Waals surface area contributed by atoms with Crippen molar-refractivity contribution in [2.24, 2.45) is 0 Å². The van der Waals surface area contributed by atoms with E-state index in [1.807, 2.05) is 55.5 Å². The topological polar surface area (TPSA) is 67.2 Å². The molecule has 0 aliphatic carbocycles. The lowest BCUT2D eigenvalue weighted by Gasteiger charge is -2.32. The number of carbonyl (C=O) groups is 1. The van der Waals surface area contributed by atoms with Gasteiger partial charge in [0, 0.05) is 49.2 Å². The fourth-order valence-electron chi connectivity index (χ4n) is 4.13. The van der Waals surface area contributed by atoms with Gasteiger partial charge < -0.3 is 5.32 Å². The highest BCUT2D eigenvalue weighted by Crippen LogP contribution is 2.18. The highest BCUT2D eigenvalue weighted by atomic mass is 16.1. The molecule has 156 valence electrons. The van der Waals surface area contributed by atoms with Crippen molar-refractivity contribution >= 4 is 16.9 Å². The van der Waals surface area contributed by atoms with Gasteiger partial charge in [-0.3, -0.25) is 19.1 Å². The van der Waals surface area contributed by atoms with Crippen molar-refractivity contribution in [2.45, 2.75) is 45.2 Å². The van der Waals surface area contributed by atoms with Gasteiger partial charge in [0.1, 0.15) is 5.65 Å². The van der Waals surface area contributed by atoms with Gasteiger partial charge in [0.2, 0.25) is 5.91 Å². The predicted octanol–water partition coefficient (Wildman–Crippen LogP) is 3.27. The number of likely N-dealkylation sites (tertiary alicyclic amines) is 1. The second-order valence-electron chi connectivity index (χ2n) is 7.93. The van der Waals surface area contributed by atoms with E-state index in [1.165, 1.54) is 0 Å². The number of carbonyl (C=O) groups excluding carboxylic acids is 1. The largest absolute Gasteiger partial charge is 0.353 e. The summed E-state index contributed by atoms with van der Waals surface area (Å²) in [7, 11) is 0. The van der Waals surface area contributed by atoms with Crippen LogP contribution >= 0.6 is 0 Å². The molecule has 0 radical (unpaired) electrons. The number of rotatable bonds is 6. The van der Waals surface area contributed by atoms with Gasteiger partial charge in [-0.15, -0.1) is 0 Å². The molecule has 6 heteroatoms. The molecule has 6 nitrogen and oxygen atoms in total. The molecule has 3 aromatic rings. The summed E-state index contributed by atoms with van der Waals surface area (Å²) in [5.41, 5.74) is 2.25. The van der Waals surface area contributed by atoms with Crippen LogP contribution in [-0.4, -0.2) is 39.5 Å². The molecule has 3 heterocycles. The SMILES string of the molecule is CCCC(=O)NC1CCN(Cc2cc3cccnc3n(-c3ccccc3)c2=O)CC1. The van der Waals surface area contributed by atoms with Crippen LogP contribution in [0.15, 0.2) is 59.5 Å². The zero-order valence-corrected chi connectivity index (χ0v) is 17.4. The third-order valence-corrected chi connectivity index (χ3v) is 5.67. The van der Waals surface area contributed by atoms with E-state index in [9.17, 15) is 9.59 Å². The molecule has 1 aliphatic heterocycles. The van der Waals surface area contributed by atoms with Crippen molar-refractivity contribution in [1.82, 2.24) is 19.8 Å². The van der Waals surface area contributed by atoms with Gasteiger partial charge in [0.05, 0.1) is 5.69 Å². The Bertz CT molecular complexity index is 1070. The summed E-state index contributed by atoms with van der Waals surface area (Å²) in [6.07, 6.45) is 5.01. The van der Waals surface area contributed by atoms with Crippen LogP contribution in [0.4, 0.5) is 0 Å². The molecule has 1 N–H and O–H groups in total. The number of amides is 1. The van der Waals surface area contributed by atoms with Crippen molar-refractivity contribution in [3.63, 3.8) is 0 Å². The highest BCUT2D eigenvalue weighted by molar-refractivity contribution is 5.77. The van der Waals surface area contributed by atoms with E-state index in [1.54, 1.807) is 10.8 Å². The lowest BCUT2D eigenvalue weighted by atomic mass is 10.0. The lowest BCUT2D eigenvalue weighted by Crippen LogP contribution is -2.44. The van der Waals surface area contributed by atoms with Gasteiger partial charge in [0.25, 0.3) is 5.56 Å². The van der Waals surface area contributed by atoms with Crippen molar-refractivity contribution in [3.05, 3.63) is 70.6 Å². The van der Waals surface area contributed by atoms with Crippen molar-refractivity contribution < 1.29 is 4.79 Å². The Morgan fingerprint density at radius 3 is 2.63 bits per heavy atom. The van der Waals surface area contributed by atoms with E-state index in [0.29, 0.717) is 18.6 Å². The first-order valence-corrected chi connectivity index (χ1v) is 10.7. The maximum atomic E-state index is 13.4. The van der Waals surface area contributed by atoms with Crippen LogP contribution in [0.1, 0.15) is 38.2 Å². The summed E-state index contributed by atoms with van der Waals surface area (Å²) in [6.45, 7) is 4.36. The molecule has 1 aliphatic rings. The van der Waals surface area contributed by atoms with Crippen LogP contribution in [-0.2, 0) is 11.3 Å². The van der Waals surface area contributed by atoms with E-state index < -0.39 is 0 Å². The Balaban J connectivity index is 1.55. The Kier molecular flexibility index (Phi) is 6.23. The van der Waals surface area contributed by atoms with E-state index in [4.69, 9.17) is 0 Å². The molecule has 4 rings (SSSR count). The molecular formula is C24H28N4O2. The molecule has 0 spiro atoms. The zero-order chi connectivity index (χ0) is 20.9. The summed E-state index contributed by atoms with van der Waals surface area (Å²) in [5.74, 6) is 0.142. The maximum absolute atomic E-state index is 13.4. The van der Waals surface area contributed by atoms with Crippen LogP contribution in [0.3, 0.4) is 0 Å². The quantitative estimate of drug-likeness (QED) is 0.685. The van der Waals surface area contributed by atoms with Crippen LogP contribution < -0.4 is 10.9 Å². The van der Waals surface area contributed by atoms with Gasteiger partial charge in [-0.05, 0) is 49.6 Å². The second kappa shape index (κ2) is 9.22. The molecule has 0 atom stereocenters. The predicted molar refractivity (Wildman–Crippen MR) is 119 cm³/mol. The molecule has 1 aromatic carbocycles. The van der Waals surface area contributed by atoms with Gasteiger partial charge in [-0.2, -0.15) is 0 Å². The average molecular weight is 405 g/mol. The molecular weight excluding hydrogens is 376 g/mol. The first-order chi connectivity index (χ1) is 14.7. The highest BCUT2D eigenvalue weighted by Gasteiger charge is 2.22. The van der Waals surface area contributed by atoms with E-state index in [2.05, 4.69) is 15.2 Å². The van der Waals surface area contributed by atoms with Crippen LogP contribution in [0.5, 0.6) is 0 Å². The summed E-state index contributed by atoms with van der Waals surface area (Å²) in [5, 5.41) is 4.09. The smallest absolute Gasteiger partial charge is 0.261 e. The summed E-state index contributed by atoms with van der Waals surface area (Å²) >= 11 is 0. The van der Waals surface area contributed by atoms with E-state index >= 15 is 0 Å². The fraction of sp³-hybridized carbons (Fsp3) is 0.375. The molecule has 0 saturated carbocycles. The van der Waals surface area contributed by atoms with Crippen molar-refractivity contribution in [2.75, 3.05) is 13.1 Å². The second-order valence-corrected chi connectivity index (χ2v) is 7.93. The third kappa shape index (κ3) is 4.44. The average Bonchev–Trinajstić information content (AvgIpc) is 2.76. The Labute approximate surface area is 176 Å². The van der Waals surface area contributed by atoms with Crippen LogP contribution in [0.2, 0.25) is 0 Å². The monoisotopic (exact) mass is 404 g/mol. The maximum Gasteiger partial charge on any atom is 0.261 e. The Morgan fingerprint density at radius 2 is 1.90 bits per heavy atom. The van der Waals surface area contributed by atoms with E-state index in [-0.39, 0.29) is 17.5 Å². The molecule has 1 fully saturated rings. The number of para-hydroxylation sites is 1. The van der Waals surface area contributed by atoms with Crippen LogP contribution in [0, 0.1) is 0 Å². The fourth-order valence-corrected chi connectivity index (χ4v) is 4.13. The van der Waals surface area contributed by atoms with Gasteiger partial charge in [-0.1, -0.05) is 25.1 Å². The molecule has 2 aromatic heterocycles.